The molecule has 2 heterocycles. The predicted octanol–water partition coefficient (Wildman–Crippen LogP) is -0.235. The van der Waals surface area contributed by atoms with E-state index in [1.54, 1.807) is 0 Å². The molecule has 2 fully saturated rings. The van der Waals surface area contributed by atoms with Gasteiger partial charge in [-0.05, 0) is 12.8 Å². The highest BCUT2D eigenvalue weighted by Gasteiger charge is 2.45. The Morgan fingerprint density at radius 3 is 2.77 bits per heavy atom. The molecule has 1 atom stereocenters. The van der Waals surface area contributed by atoms with Gasteiger partial charge in [-0.3, -0.25) is 10.1 Å². The van der Waals surface area contributed by atoms with Crippen molar-refractivity contribution in [3.63, 3.8) is 0 Å². The summed E-state index contributed by atoms with van der Waals surface area (Å²) in [4.78, 5) is 22.4. The topological polar surface area (TPSA) is 67.4 Å². The Morgan fingerprint density at radius 2 is 2.08 bits per heavy atom. The summed E-state index contributed by atoms with van der Waals surface area (Å²) < 4.78 is 5.23. The second-order valence-corrected chi connectivity index (χ2v) is 3.46. The minimum atomic E-state index is -0.687. The van der Waals surface area contributed by atoms with Crippen molar-refractivity contribution in [3.05, 3.63) is 0 Å². The molecule has 5 nitrogen and oxygen atoms in total. The maximum absolute atomic E-state index is 11.5. The fraction of sp³-hybridized carbons (Fsp3) is 0.750. The minimum Gasteiger partial charge on any atom is -0.381 e. The highest BCUT2D eigenvalue weighted by Crippen LogP contribution is 2.24. The van der Waals surface area contributed by atoms with Crippen LogP contribution in [-0.4, -0.2) is 30.7 Å². The zero-order valence-electron chi connectivity index (χ0n) is 7.26. The van der Waals surface area contributed by atoms with Gasteiger partial charge in [-0.1, -0.05) is 0 Å². The molecule has 2 saturated heterocycles. The van der Waals surface area contributed by atoms with Gasteiger partial charge in [0.05, 0.1) is 0 Å². The highest BCUT2D eigenvalue weighted by atomic mass is 16.5. The smallest absolute Gasteiger partial charge is 0.322 e. The van der Waals surface area contributed by atoms with Crippen molar-refractivity contribution in [2.24, 2.45) is 0 Å². The third-order valence-corrected chi connectivity index (χ3v) is 2.58. The van der Waals surface area contributed by atoms with E-state index in [1.165, 1.54) is 0 Å². The van der Waals surface area contributed by atoms with Crippen molar-refractivity contribution in [1.29, 1.82) is 0 Å². The number of hydrogen-bond acceptors (Lipinski definition) is 3. The van der Waals surface area contributed by atoms with Gasteiger partial charge in [-0.25, -0.2) is 4.79 Å². The van der Waals surface area contributed by atoms with E-state index in [2.05, 4.69) is 10.6 Å². The summed E-state index contributed by atoms with van der Waals surface area (Å²) in [5.74, 6) is -0.206. The van der Waals surface area contributed by atoms with Crippen LogP contribution in [0, 0.1) is 0 Å². The van der Waals surface area contributed by atoms with Crippen molar-refractivity contribution < 1.29 is 14.3 Å². The predicted molar refractivity (Wildman–Crippen MR) is 44.1 cm³/mol. The van der Waals surface area contributed by atoms with Gasteiger partial charge in [0, 0.05) is 19.6 Å². The molecule has 2 N–H and O–H groups in total. The summed E-state index contributed by atoms with van der Waals surface area (Å²) in [7, 11) is 0. The summed E-state index contributed by atoms with van der Waals surface area (Å²) in [6, 6.07) is -0.382. The molecule has 1 spiro atoms. The van der Waals surface area contributed by atoms with Crippen molar-refractivity contribution in [3.8, 4) is 0 Å². The molecular weight excluding hydrogens is 172 g/mol. The molecule has 2 aliphatic heterocycles. The standard InChI is InChI=1S/C8H12N2O3/c11-6-8(10-7(12)9-6)2-1-4-13-5-3-8/h1-5H2,(H2,9,10,11,12). The van der Waals surface area contributed by atoms with Gasteiger partial charge in [0.25, 0.3) is 5.91 Å². The zero-order chi connectivity index (χ0) is 9.31. The van der Waals surface area contributed by atoms with E-state index in [9.17, 15) is 9.59 Å². The lowest BCUT2D eigenvalue weighted by molar-refractivity contribution is -0.124. The summed E-state index contributed by atoms with van der Waals surface area (Å²) in [6.07, 6.45) is 2.06. The summed E-state index contributed by atoms with van der Waals surface area (Å²) in [5.41, 5.74) is -0.687. The molecule has 13 heavy (non-hydrogen) atoms. The van der Waals surface area contributed by atoms with Crippen LogP contribution in [0.15, 0.2) is 0 Å². The van der Waals surface area contributed by atoms with Crippen LogP contribution in [-0.2, 0) is 9.53 Å². The second kappa shape index (κ2) is 2.99. The first kappa shape index (κ1) is 8.50. The van der Waals surface area contributed by atoms with Gasteiger partial charge in [-0.15, -0.1) is 0 Å². The summed E-state index contributed by atoms with van der Waals surface area (Å²) in [6.45, 7) is 1.21. The fourth-order valence-electron chi connectivity index (χ4n) is 1.83. The Bertz CT molecular complexity index is 244. The Kier molecular flexibility index (Phi) is 1.95. The van der Waals surface area contributed by atoms with Crippen molar-refractivity contribution >= 4 is 11.9 Å². The molecule has 0 aromatic carbocycles. The Labute approximate surface area is 75.8 Å². The van der Waals surface area contributed by atoms with E-state index in [1.807, 2.05) is 0 Å². The van der Waals surface area contributed by atoms with Crippen LogP contribution in [0.2, 0.25) is 0 Å². The second-order valence-electron chi connectivity index (χ2n) is 3.46. The molecule has 2 aliphatic rings. The normalized spacial score (nSPS) is 34.2. The monoisotopic (exact) mass is 184 g/mol. The van der Waals surface area contributed by atoms with Gasteiger partial charge < -0.3 is 10.1 Å². The molecule has 2 rings (SSSR count). The van der Waals surface area contributed by atoms with Crippen LogP contribution in [0.1, 0.15) is 19.3 Å². The summed E-state index contributed by atoms with van der Waals surface area (Å²) in [5, 5.41) is 4.94. The third kappa shape index (κ3) is 1.39. The Morgan fingerprint density at radius 1 is 1.23 bits per heavy atom. The fourth-order valence-corrected chi connectivity index (χ4v) is 1.83. The first-order valence-electron chi connectivity index (χ1n) is 4.44. The van der Waals surface area contributed by atoms with Gasteiger partial charge in [-0.2, -0.15) is 0 Å². The molecular formula is C8H12N2O3. The average molecular weight is 184 g/mol. The van der Waals surface area contributed by atoms with Crippen molar-refractivity contribution in [1.82, 2.24) is 10.6 Å². The van der Waals surface area contributed by atoms with Crippen LogP contribution < -0.4 is 10.6 Å². The van der Waals surface area contributed by atoms with Crippen molar-refractivity contribution in [2.75, 3.05) is 13.2 Å². The Balaban J connectivity index is 2.17. The number of hydrogen-bond donors (Lipinski definition) is 2. The number of carbonyl (C=O) groups is 2. The lowest BCUT2D eigenvalue weighted by atomic mass is 9.91. The van der Waals surface area contributed by atoms with E-state index < -0.39 is 5.54 Å². The minimum absolute atomic E-state index is 0.206. The summed E-state index contributed by atoms with van der Waals surface area (Å²) >= 11 is 0. The molecule has 1 unspecified atom stereocenters. The molecule has 0 aromatic rings. The van der Waals surface area contributed by atoms with Crippen LogP contribution in [0.5, 0.6) is 0 Å². The van der Waals surface area contributed by atoms with E-state index in [0.717, 1.165) is 6.42 Å². The van der Waals surface area contributed by atoms with E-state index in [-0.39, 0.29) is 11.9 Å². The Hall–Kier alpha value is -1.10. The zero-order valence-corrected chi connectivity index (χ0v) is 7.26. The van der Waals surface area contributed by atoms with Gasteiger partial charge in [0.1, 0.15) is 5.54 Å². The number of nitrogens with one attached hydrogen (secondary N) is 2. The number of imide groups is 1. The molecule has 72 valence electrons. The lowest BCUT2D eigenvalue weighted by Gasteiger charge is -2.22. The first-order chi connectivity index (χ1) is 6.23. The van der Waals surface area contributed by atoms with Gasteiger partial charge in [0.2, 0.25) is 0 Å². The number of ether oxygens (including phenoxy) is 1. The molecule has 0 radical (unpaired) electrons. The number of urea groups is 1. The SMILES string of the molecule is O=C1NC(=O)C2(CCCOCC2)N1. The molecule has 0 aromatic heterocycles. The first-order valence-corrected chi connectivity index (χ1v) is 4.44. The van der Waals surface area contributed by atoms with Crippen LogP contribution in [0.3, 0.4) is 0 Å². The van der Waals surface area contributed by atoms with Crippen molar-refractivity contribution in [2.45, 2.75) is 24.8 Å². The van der Waals surface area contributed by atoms with E-state index in [0.29, 0.717) is 26.1 Å². The molecule has 0 aliphatic carbocycles. The number of amides is 3. The molecule has 5 heteroatoms. The maximum Gasteiger partial charge on any atom is 0.322 e. The third-order valence-electron chi connectivity index (χ3n) is 2.58. The van der Waals surface area contributed by atoms with Crippen LogP contribution in [0.4, 0.5) is 4.79 Å². The van der Waals surface area contributed by atoms with Crippen LogP contribution in [0.25, 0.3) is 0 Å². The number of carbonyl (C=O) groups excluding carboxylic acids is 2. The van der Waals surface area contributed by atoms with Gasteiger partial charge >= 0.3 is 6.03 Å². The van der Waals surface area contributed by atoms with E-state index >= 15 is 0 Å². The van der Waals surface area contributed by atoms with Gasteiger partial charge in [0.15, 0.2) is 0 Å². The molecule has 0 saturated carbocycles. The van der Waals surface area contributed by atoms with E-state index in [4.69, 9.17) is 4.74 Å². The molecule has 3 amide bonds. The van der Waals surface area contributed by atoms with Crippen LogP contribution >= 0.6 is 0 Å². The highest BCUT2D eigenvalue weighted by molar-refractivity contribution is 6.07. The maximum atomic E-state index is 11.5. The number of rotatable bonds is 0. The lowest BCUT2D eigenvalue weighted by Crippen LogP contribution is -2.46. The largest absolute Gasteiger partial charge is 0.381 e. The molecule has 0 bridgehead atoms. The average Bonchev–Trinajstić information content (AvgIpc) is 2.29. The quantitative estimate of drug-likeness (QED) is 0.511.